The standard InChI is InChI=1S/C14H16BrNO4/c15-13-11(8-5-9-12(13)16(18)19)14(17)20-10-6-3-1-2-4-7-10/h5,8-10H,1-4,6-7H2. The first-order chi connectivity index (χ1) is 9.59. The highest BCUT2D eigenvalue weighted by Gasteiger charge is 2.23. The minimum atomic E-state index is -0.521. The predicted octanol–water partition coefficient (Wildman–Crippen LogP) is 4.24. The number of nitro groups is 1. The number of benzene rings is 1. The van der Waals surface area contributed by atoms with Gasteiger partial charge < -0.3 is 4.74 Å². The summed E-state index contributed by atoms with van der Waals surface area (Å²) < 4.78 is 5.67. The quantitative estimate of drug-likeness (QED) is 0.357. The molecule has 108 valence electrons. The number of carbonyl (C=O) groups excluding carboxylic acids is 1. The molecule has 0 spiro atoms. The van der Waals surface area contributed by atoms with Gasteiger partial charge in [0.15, 0.2) is 0 Å². The van der Waals surface area contributed by atoms with Gasteiger partial charge in [0, 0.05) is 6.07 Å². The molecule has 0 atom stereocenters. The highest BCUT2D eigenvalue weighted by Crippen LogP contribution is 2.29. The van der Waals surface area contributed by atoms with Gasteiger partial charge in [-0.25, -0.2) is 4.79 Å². The summed E-state index contributed by atoms with van der Waals surface area (Å²) in [6, 6.07) is 4.38. The summed E-state index contributed by atoms with van der Waals surface area (Å²) >= 11 is 3.12. The number of ether oxygens (including phenoxy) is 1. The number of nitrogens with zero attached hydrogens (tertiary/aromatic N) is 1. The van der Waals surface area contributed by atoms with Crippen LogP contribution in [0.15, 0.2) is 22.7 Å². The summed E-state index contributed by atoms with van der Waals surface area (Å²) in [5.74, 6) is -0.493. The van der Waals surface area contributed by atoms with E-state index in [1.54, 1.807) is 0 Å². The zero-order chi connectivity index (χ0) is 14.5. The van der Waals surface area contributed by atoms with Crippen LogP contribution < -0.4 is 0 Å². The van der Waals surface area contributed by atoms with Crippen LogP contribution in [0.5, 0.6) is 0 Å². The molecule has 1 fully saturated rings. The molecule has 1 aliphatic rings. The molecule has 20 heavy (non-hydrogen) atoms. The second kappa shape index (κ2) is 6.83. The smallest absolute Gasteiger partial charge is 0.339 e. The van der Waals surface area contributed by atoms with Crippen molar-refractivity contribution in [3.05, 3.63) is 38.3 Å². The molecule has 1 aromatic rings. The van der Waals surface area contributed by atoms with Crippen molar-refractivity contribution >= 4 is 27.6 Å². The van der Waals surface area contributed by atoms with Gasteiger partial charge in [-0.1, -0.05) is 18.9 Å². The molecule has 0 amide bonds. The van der Waals surface area contributed by atoms with Crippen LogP contribution in [0.4, 0.5) is 5.69 Å². The summed E-state index contributed by atoms with van der Waals surface area (Å²) in [5, 5.41) is 10.9. The molecule has 1 aromatic carbocycles. The molecular weight excluding hydrogens is 326 g/mol. The van der Waals surface area contributed by atoms with Crippen molar-refractivity contribution in [3.63, 3.8) is 0 Å². The maximum absolute atomic E-state index is 12.1. The van der Waals surface area contributed by atoms with Crippen LogP contribution in [0.1, 0.15) is 48.9 Å². The van der Waals surface area contributed by atoms with Crippen LogP contribution in [0.3, 0.4) is 0 Å². The van der Waals surface area contributed by atoms with Gasteiger partial charge in [-0.05, 0) is 47.7 Å². The molecule has 0 aromatic heterocycles. The number of hydrogen-bond donors (Lipinski definition) is 0. The van der Waals surface area contributed by atoms with E-state index in [2.05, 4.69) is 15.9 Å². The van der Waals surface area contributed by atoms with E-state index < -0.39 is 10.9 Å². The Bertz CT molecular complexity index is 510. The number of carbonyl (C=O) groups is 1. The van der Waals surface area contributed by atoms with E-state index in [1.165, 1.54) is 31.0 Å². The first kappa shape index (κ1) is 15.0. The summed E-state index contributed by atoms with van der Waals surface area (Å²) in [4.78, 5) is 22.5. The summed E-state index contributed by atoms with van der Waals surface area (Å²) in [7, 11) is 0. The number of hydrogen-bond acceptors (Lipinski definition) is 4. The van der Waals surface area contributed by atoms with Gasteiger partial charge in [-0.15, -0.1) is 0 Å². The third-order valence-corrected chi connectivity index (χ3v) is 4.30. The molecule has 1 saturated carbocycles. The summed E-state index contributed by atoms with van der Waals surface area (Å²) in [5.41, 5.74) is 0.0868. The highest BCUT2D eigenvalue weighted by molar-refractivity contribution is 9.10. The topological polar surface area (TPSA) is 69.4 Å². The van der Waals surface area contributed by atoms with Gasteiger partial charge in [0.25, 0.3) is 5.69 Å². The van der Waals surface area contributed by atoms with E-state index in [4.69, 9.17) is 4.74 Å². The Morgan fingerprint density at radius 1 is 1.25 bits per heavy atom. The molecule has 0 heterocycles. The van der Waals surface area contributed by atoms with E-state index in [-0.39, 0.29) is 21.8 Å². The Labute approximate surface area is 125 Å². The molecule has 0 unspecified atom stereocenters. The van der Waals surface area contributed by atoms with Crippen LogP contribution >= 0.6 is 15.9 Å². The number of halogens is 1. The maximum Gasteiger partial charge on any atom is 0.339 e. The minimum absolute atomic E-state index is 0.0730. The van der Waals surface area contributed by atoms with Gasteiger partial charge in [0.05, 0.1) is 10.5 Å². The van der Waals surface area contributed by atoms with Crippen LogP contribution in [0, 0.1) is 10.1 Å². The molecule has 2 rings (SSSR count). The van der Waals surface area contributed by atoms with E-state index >= 15 is 0 Å². The molecule has 0 radical (unpaired) electrons. The molecule has 0 saturated heterocycles. The third-order valence-electron chi connectivity index (χ3n) is 3.47. The first-order valence-corrected chi connectivity index (χ1v) is 7.53. The fourth-order valence-electron chi connectivity index (χ4n) is 2.39. The normalized spacial score (nSPS) is 16.4. The Morgan fingerprint density at radius 2 is 1.90 bits per heavy atom. The van der Waals surface area contributed by atoms with Gasteiger partial charge in [-0.3, -0.25) is 10.1 Å². The predicted molar refractivity (Wildman–Crippen MR) is 77.7 cm³/mol. The highest BCUT2D eigenvalue weighted by atomic mass is 79.9. The molecule has 0 bridgehead atoms. The number of esters is 1. The Morgan fingerprint density at radius 3 is 2.50 bits per heavy atom. The summed E-state index contributed by atoms with van der Waals surface area (Å²) in [6.45, 7) is 0. The molecular formula is C14H16BrNO4. The fraction of sp³-hybridized carbons (Fsp3) is 0.500. The molecule has 5 nitrogen and oxygen atoms in total. The lowest BCUT2D eigenvalue weighted by molar-refractivity contribution is -0.385. The van der Waals surface area contributed by atoms with E-state index in [0.717, 1.165) is 25.7 Å². The largest absolute Gasteiger partial charge is 0.459 e. The first-order valence-electron chi connectivity index (χ1n) is 6.73. The van der Waals surface area contributed by atoms with E-state index in [0.29, 0.717) is 0 Å². The average Bonchev–Trinajstić information content (AvgIpc) is 2.67. The minimum Gasteiger partial charge on any atom is -0.459 e. The van der Waals surface area contributed by atoms with E-state index in [1.807, 2.05) is 0 Å². The van der Waals surface area contributed by atoms with Gasteiger partial charge in [0.1, 0.15) is 10.6 Å². The second-order valence-electron chi connectivity index (χ2n) is 4.91. The third kappa shape index (κ3) is 3.56. The Balaban J connectivity index is 2.12. The second-order valence-corrected chi connectivity index (χ2v) is 5.71. The van der Waals surface area contributed by atoms with Gasteiger partial charge in [-0.2, -0.15) is 0 Å². The Hall–Kier alpha value is -1.43. The number of nitro benzene ring substituents is 1. The zero-order valence-electron chi connectivity index (χ0n) is 11.0. The SMILES string of the molecule is O=C(OC1CCCCCC1)c1cccc([N+](=O)[O-])c1Br. The van der Waals surface area contributed by atoms with Crippen LogP contribution in [-0.4, -0.2) is 17.0 Å². The van der Waals surface area contributed by atoms with Gasteiger partial charge >= 0.3 is 5.97 Å². The monoisotopic (exact) mass is 341 g/mol. The lowest BCUT2D eigenvalue weighted by Crippen LogP contribution is -2.18. The Kier molecular flexibility index (Phi) is 5.11. The van der Waals surface area contributed by atoms with Crippen molar-refractivity contribution in [2.24, 2.45) is 0 Å². The maximum atomic E-state index is 12.1. The molecule has 0 N–H and O–H groups in total. The van der Waals surface area contributed by atoms with Crippen molar-refractivity contribution in [3.8, 4) is 0 Å². The van der Waals surface area contributed by atoms with Crippen LogP contribution in [0.25, 0.3) is 0 Å². The van der Waals surface area contributed by atoms with E-state index in [9.17, 15) is 14.9 Å². The van der Waals surface area contributed by atoms with Crippen molar-refractivity contribution in [2.45, 2.75) is 44.6 Å². The molecule has 6 heteroatoms. The number of rotatable bonds is 3. The van der Waals surface area contributed by atoms with Crippen molar-refractivity contribution < 1.29 is 14.5 Å². The average molecular weight is 342 g/mol. The van der Waals surface area contributed by atoms with Crippen LogP contribution in [-0.2, 0) is 4.74 Å². The van der Waals surface area contributed by atoms with Gasteiger partial charge in [0.2, 0.25) is 0 Å². The van der Waals surface area contributed by atoms with Crippen molar-refractivity contribution in [1.29, 1.82) is 0 Å². The lowest BCUT2D eigenvalue weighted by Gasteiger charge is -2.15. The molecule has 0 aliphatic heterocycles. The fourth-order valence-corrected chi connectivity index (χ4v) is 2.96. The zero-order valence-corrected chi connectivity index (χ0v) is 12.6. The van der Waals surface area contributed by atoms with Crippen LogP contribution in [0.2, 0.25) is 0 Å². The molecule has 1 aliphatic carbocycles. The van der Waals surface area contributed by atoms with Crippen molar-refractivity contribution in [1.82, 2.24) is 0 Å². The van der Waals surface area contributed by atoms with Crippen molar-refractivity contribution in [2.75, 3.05) is 0 Å². The summed E-state index contributed by atoms with van der Waals surface area (Å²) in [6.07, 6.45) is 6.15. The lowest BCUT2D eigenvalue weighted by atomic mass is 10.1.